The van der Waals surface area contributed by atoms with Crippen LogP contribution < -0.4 is 0 Å². The molecule has 0 bridgehead atoms. The number of fused-ring (bicyclic) bond motifs is 1. The smallest absolute Gasteiger partial charge is 0.178 e. The fourth-order valence-corrected chi connectivity index (χ4v) is 3.41. The molecule has 2 heterocycles. The molecular weight excluding hydrogens is 280 g/mol. The summed E-state index contributed by atoms with van der Waals surface area (Å²) in [6.45, 7) is 4.99. The van der Waals surface area contributed by atoms with Crippen LogP contribution in [0.15, 0.2) is 36.4 Å². The largest absolute Gasteiger partial charge is 0.293 e. The highest BCUT2D eigenvalue weighted by Gasteiger charge is 2.15. The molecule has 0 unspecified atom stereocenters. The Morgan fingerprint density at radius 3 is 2.71 bits per heavy atom. The minimum Gasteiger partial charge on any atom is -0.293 e. The molecule has 0 radical (unpaired) electrons. The van der Waals surface area contributed by atoms with E-state index < -0.39 is 0 Å². The van der Waals surface area contributed by atoms with E-state index >= 15 is 0 Å². The van der Waals surface area contributed by atoms with Gasteiger partial charge in [-0.3, -0.25) is 9.48 Å². The number of ketones is 1. The first-order valence-corrected chi connectivity index (χ1v) is 8.11. The number of Topliss-reactive ketones (excluding diaryl/α,β-unsaturated/α-hetero) is 1. The second-order valence-corrected chi connectivity index (χ2v) is 6.17. The minimum atomic E-state index is 0.159. The van der Waals surface area contributed by atoms with E-state index in [1.807, 2.05) is 35.0 Å². The van der Waals surface area contributed by atoms with Crippen molar-refractivity contribution in [1.29, 1.82) is 0 Å². The first-order valence-electron chi connectivity index (χ1n) is 7.29. The number of carbonyl (C=O) groups is 1. The molecule has 0 spiro atoms. The summed E-state index contributed by atoms with van der Waals surface area (Å²) in [5, 5.41) is 5.68. The van der Waals surface area contributed by atoms with Crippen LogP contribution in [0.4, 0.5) is 0 Å². The maximum Gasteiger partial charge on any atom is 0.178 e. The Hall–Kier alpha value is -1.94. The molecule has 0 saturated carbocycles. The predicted octanol–water partition coefficient (Wildman–Crippen LogP) is 4.11. The summed E-state index contributed by atoms with van der Waals surface area (Å²) in [4.78, 5) is 14.5. The van der Waals surface area contributed by atoms with Crippen LogP contribution in [-0.4, -0.2) is 15.6 Å². The lowest BCUT2D eigenvalue weighted by Gasteiger charge is -1.96. The molecule has 1 aromatic carbocycles. The summed E-state index contributed by atoms with van der Waals surface area (Å²) < 4.78 is 1.96. The second kappa shape index (κ2) is 5.82. The standard InChI is InChI=1S/C17H18N2OS/c1-3-12-9-10-17(21-12)16(20)11-14-13-7-5-6-8-15(13)19(4-2)18-14/h5-10H,3-4,11H2,1-2H3. The molecule has 3 aromatic rings. The Bertz CT molecular complexity index is 785. The molecule has 3 nitrogen and oxygen atoms in total. The van der Waals surface area contributed by atoms with Crippen molar-refractivity contribution in [3.63, 3.8) is 0 Å². The van der Waals surface area contributed by atoms with Crippen molar-refractivity contribution >= 4 is 28.0 Å². The minimum absolute atomic E-state index is 0.159. The van der Waals surface area contributed by atoms with Crippen molar-refractivity contribution in [2.24, 2.45) is 0 Å². The average molecular weight is 298 g/mol. The summed E-state index contributed by atoms with van der Waals surface area (Å²) in [7, 11) is 0. The topological polar surface area (TPSA) is 34.9 Å². The molecule has 0 saturated heterocycles. The lowest BCUT2D eigenvalue weighted by Crippen LogP contribution is -2.03. The highest BCUT2D eigenvalue weighted by Crippen LogP contribution is 2.22. The Morgan fingerprint density at radius 1 is 1.19 bits per heavy atom. The molecule has 21 heavy (non-hydrogen) atoms. The van der Waals surface area contributed by atoms with Crippen molar-refractivity contribution < 1.29 is 4.79 Å². The molecule has 0 amide bonds. The van der Waals surface area contributed by atoms with Crippen molar-refractivity contribution in [3.05, 3.63) is 51.8 Å². The normalized spacial score (nSPS) is 11.1. The summed E-state index contributed by atoms with van der Waals surface area (Å²) >= 11 is 1.59. The van der Waals surface area contributed by atoms with Crippen molar-refractivity contribution in [1.82, 2.24) is 9.78 Å². The van der Waals surface area contributed by atoms with E-state index in [4.69, 9.17) is 0 Å². The lowest BCUT2D eigenvalue weighted by atomic mass is 10.1. The van der Waals surface area contributed by atoms with Gasteiger partial charge in [0.15, 0.2) is 5.78 Å². The van der Waals surface area contributed by atoms with Gasteiger partial charge in [-0.25, -0.2) is 0 Å². The number of hydrogen-bond acceptors (Lipinski definition) is 3. The number of aromatic nitrogens is 2. The van der Waals surface area contributed by atoms with Crippen molar-refractivity contribution in [2.75, 3.05) is 0 Å². The maximum absolute atomic E-state index is 12.4. The summed E-state index contributed by atoms with van der Waals surface area (Å²) in [6, 6.07) is 12.1. The fraction of sp³-hybridized carbons (Fsp3) is 0.294. The van der Waals surface area contributed by atoms with E-state index in [0.717, 1.165) is 34.4 Å². The zero-order valence-corrected chi connectivity index (χ0v) is 13.1. The molecule has 0 N–H and O–H groups in total. The van der Waals surface area contributed by atoms with Crippen LogP contribution in [-0.2, 0) is 19.4 Å². The number of thiophene rings is 1. The third-order valence-corrected chi connectivity index (χ3v) is 4.92. The summed E-state index contributed by atoms with van der Waals surface area (Å²) in [6.07, 6.45) is 1.35. The highest BCUT2D eigenvalue weighted by atomic mass is 32.1. The molecule has 0 aliphatic carbocycles. The van der Waals surface area contributed by atoms with Gasteiger partial charge < -0.3 is 0 Å². The van der Waals surface area contributed by atoms with Gasteiger partial charge >= 0.3 is 0 Å². The predicted molar refractivity (Wildman–Crippen MR) is 87.1 cm³/mol. The Morgan fingerprint density at radius 2 is 2.00 bits per heavy atom. The Labute approximate surface area is 128 Å². The van der Waals surface area contributed by atoms with Crippen LogP contribution in [0.5, 0.6) is 0 Å². The molecule has 0 aliphatic rings. The second-order valence-electron chi connectivity index (χ2n) is 5.00. The fourth-order valence-electron chi connectivity index (χ4n) is 2.52. The van der Waals surface area contributed by atoms with Crippen LogP contribution in [0, 0.1) is 0 Å². The van der Waals surface area contributed by atoms with Gasteiger partial charge in [0.25, 0.3) is 0 Å². The van der Waals surface area contributed by atoms with Crippen LogP contribution in [0.3, 0.4) is 0 Å². The van der Waals surface area contributed by atoms with Crippen molar-refractivity contribution in [2.45, 2.75) is 33.2 Å². The summed E-state index contributed by atoms with van der Waals surface area (Å²) in [5.41, 5.74) is 1.98. The first kappa shape index (κ1) is 14.0. The first-order chi connectivity index (χ1) is 10.2. The van der Waals surface area contributed by atoms with Crippen LogP contribution in [0.2, 0.25) is 0 Å². The van der Waals surface area contributed by atoms with Gasteiger partial charge in [-0.15, -0.1) is 11.3 Å². The van der Waals surface area contributed by atoms with Gasteiger partial charge in [-0.2, -0.15) is 5.10 Å². The van der Waals surface area contributed by atoms with Gasteiger partial charge in [-0.1, -0.05) is 25.1 Å². The molecule has 108 valence electrons. The van der Waals surface area contributed by atoms with Gasteiger partial charge in [-0.05, 0) is 31.5 Å². The van der Waals surface area contributed by atoms with E-state index in [9.17, 15) is 4.79 Å². The van der Waals surface area contributed by atoms with Crippen LogP contribution >= 0.6 is 11.3 Å². The van der Waals surface area contributed by atoms with E-state index in [2.05, 4.69) is 25.0 Å². The molecule has 4 heteroatoms. The number of benzene rings is 1. The van der Waals surface area contributed by atoms with E-state index in [0.29, 0.717) is 6.42 Å². The number of hydrogen-bond donors (Lipinski definition) is 0. The van der Waals surface area contributed by atoms with Crippen LogP contribution in [0.25, 0.3) is 10.9 Å². The highest BCUT2D eigenvalue weighted by molar-refractivity contribution is 7.14. The zero-order valence-electron chi connectivity index (χ0n) is 12.3. The third-order valence-electron chi connectivity index (χ3n) is 3.65. The lowest BCUT2D eigenvalue weighted by molar-refractivity contribution is 0.0996. The zero-order chi connectivity index (χ0) is 14.8. The van der Waals surface area contributed by atoms with Gasteiger partial charge in [0.2, 0.25) is 0 Å². The molecule has 3 rings (SSSR count). The Kier molecular flexibility index (Phi) is 3.88. The molecule has 0 atom stereocenters. The summed E-state index contributed by atoms with van der Waals surface area (Å²) in [5.74, 6) is 0.159. The number of rotatable bonds is 5. The Balaban J connectivity index is 1.92. The van der Waals surface area contributed by atoms with E-state index in [1.165, 1.54) is 4.88 Å². The third kappa shape index (κ3) is 2.63. The maximum atomic E-state index is 12.4. The molecule has 2 aromatic heterocycles. The number of carbonyl (C=O) groups excluding carboxylic acids is 1. The van der Waals surface area contributed by atoms with Gasteiger partial charge in [0, 0.05) is 16.8 Å². The van der Waals surface area contributed by atoms with Gasteiger partial charge in [0.05, 0.1) is 22.5 Å². The number of aryl methyl sites for hydroxylation is 2. The SMILES string of the molecule is CCc1ccc(C(=O)Cc2nn(CC)c3ccccc23)s1. The molecule has 0 fully saturated rings. The monoisotopic (exact) mass is 298 g/mol. The molecular formula is C17H18N2OS. The van der Waals surface area contributed by atoms with E-state index in [-0.39, 0.29) is 5.78 Å². The van der Waals surface area contributed by atoms with E-state index in [1.54, 1.807) is 11.3 Å². The number of para-hydroxylation sites is 1. The quantitative estimate of drug-likeness (QED) is 0.665. The van der Waals surface area contributed by atoms with Crippen LogP contribution in [0.1, 0.15) is 34.1 Å². The van der Waals surface area contributed by atoms with Gasteiger partial charge in [0.1, 0.15) is 0 Å². The van der Waals surface area contributed by atoms with Crippen molar-refractivity contribution in [3.8, 4) is 0 Å². The average Bonchev–Trinajstić information content (AvgIpc) is 3.12. The molecule has 0 aliphatic heterocycles. The number of nitrogens with zero attached hydrogens (tertiary/aromatic N) is 2.